The average molecular weight is 275 g/mol. The van der Waals surface area contributed by atoms with E-state index in [9.17, 15) is 0 Å². The summed E-state index contributed by atoms with van der Waals surface area (Å²) in [6, 6.07) is 8.53. The van der Waals surface area contributed by atoms with Gasteiger partial charge in [-0.25, -0.2) is 0 Å². The summed E-state index contributed by atoms with van der Waals surface area (Å²) in [7, 11) is 1.72. The van der Waals surface area contributed by atoms with Gasteiger partial charge in [-0.1, -0.05) is 38.8 Å². The Morgan fingerprint density at radius 1 is 1.15 bits per heavy atom. The fourth-order valence-electron chi connectivity index (χ4n) is 3.32. The highest BCUT2D eigenvalue weighted by Crippen LogP contribution is 2.31. The summed E-state index contributed by atoms with van der Waals surface area (Å²) < 4.78 is 5.23. The lowest BCUT2D eigenvalue weighted by Gasteiger charge is -2.38. The number of hydrogen-bond donors (Lipinski definition) is 1. The minimum Gasteiger partial charge on any atom is -0.497 e. The molecule has 0 spiro atoms. The fraction of sp³-hybridized carbons (Fsp3) is 0.667. The van der Waals surface area contributed by atoms with Crippen molar-refractivity contribution in [2.45, 2.75) is 57.9 Å². The van der Waals surface area contributed by atoms with Crippen LogP contribution in [0.2, 0.25) is 0 Å². The van der Waals surface area contributed by atoms with Gasteiger partial charge >= 0.3 is 0 Å². The van der Waals surface area contributed by atoms with Crippen molar-refractivity contribution in [2.24, 2.45) is 5.92 Å². The third kappa shape index (κ3) is 3.76. The third-order valence-electron chi connectivity index (χ3n) is 4.90. The molecule has 2 rings (SSSR count). The Kier molecular flexibility index (Phi) is 5.47. The van der Waals surface area contributed by atoms with Crippen LogP contribution in [-0.4, -0.2) is 19.2 Å². The summed E-state index contributed by atoms with van der Waals surface area (Å²) in [6.45, 7) is 5.92. The van der Waals surface area contributed by atoms with Crippen LogP contribution in [0.5, 0.6) is 5.75 Å². The molecule has 2 heteroatoms. The molecule has 1 N–H and O–H groups in total. The maximum Gasteiger partial charge on any atom is 0.118 e. The summed E-state index contributed by atoms with van der Waals surface area (Å²) in [4.78, 5) is 0. The van der Waals surface area contributed by atoms with E-state index >= 15 is 0 Å². The zero-order chi connectivity index (χ0) is 14.4. The fourth-order valence-corrected chi connectivity index (χ4v) is 3.32. The molecule has 0 bridgehead atoms. The van der Waals surface area contributed by atoms with Crippen LogP contribution < -0.4 is 10.1 Å². The van der Waals surface area contributed by atoms with Crippen molar-refractivity contribution in [2.75, 3.05) is 13.7 Å². The van der Waals surface area contributed by atoms with E-state index in [1.807, 2.05) is 0 Å². The Morgan fingerprint density at radius 3 is 2.55 bits per heavy atom. The summed E-state index contributed by atoms with van der Waals surface area (Å²) in [5, 5.41) is 3.86. The van der Waals surface area contributed by atoms with Crippen molar-refractivity contribution in [3.8, 4) is 5.75 Å². The van der Waals surface area contributed by atoms with Gasteiger partial charge in [-0.05, 0) is 55.8 Å². The second-order valence-corrected chi connectivity index (χ2v) is 6.40. The van der Waals surface area contributed by atoms with Gasteiger partial charge in [0.15, 0.2) is 0 Å². The lowest BCUT2D eigenvalue weighted by molar-refractivity contribution is 0.211. The highest BCUT2D eigenvalue weighted by Gasteiger charge is 2.33. The molecule has 0 amide bonds. The minimum atomic E-state index is 0.330. The normalized spacial score (nSPS) is 23.6. The van der Waals surface area contributed by atoms with Crippen molar-refractivity contribution < 1.29 is 4.74 Å². The van der Waals surface area contributed by atoms with Crippen molar-refractivity contribution in [3.63, 3.8) is 0 Å². The molecule has 20 heavy (non-hydrogen) atoms. The van der Waals surface area contributed by atoms with E-state index in [-0.39, 0.29) is 0 Å². The molecular weight excluding hydrogens is 246 g/mol. The molecule has 1 atom stereocenters. The van der Waals surface area contributed by atoms with Crippen LogP contribution in [0.3, 0.4) is 0 Å². The quantitative estimate of drug-likeness (QED) is 0.870. The lowest BCUT2D eigenvalue weighted by atomic mass is 9.78. The van der Waals surface area contributed by atoms with Crippen molar-refractivity contribution in [3.05, 3.63) is 29.8 Å². The van der Waals surface area contributed by atoms with Gasteiger partial charge < -0.3 is 10.1 Å². The summed E-state index contributed by atoms with van der Waals surface area (Å²) in [6.07, 6.45) is 7.78. The first-order chi connectivity index (χ1) is 9.66. The van der Waals surface area contributed by atoms with Gasteiger partial charge in [0, 0.05) is 5.54 Å². The molecule has 1 saturated heterocycles. The van der Waals surface area contributed by atoms with E-state index in [0.29, 0.717) is 11.5 Å². The lowest BCUT2D eigenvalue weighted by Crippen LogP contribution is -2.49. The first-order valence-electron chi connectivity index (χ1n) is 8.04. The Balaban J connectivity index is 2.00. The highest BCUT2D eigenvalue weighted by molar-refractivity contribution is 5.27. The second-order valence-electron chi connectivity index (χ2n) is 6.40. The van der Waals surface area contributed by atoms with E-state index in [4.69, 9.17) is 4.74 Å². The first kappa shape index (κ1) is 15.4. The van der Waals surface area contributed by atoms with Gasteiger partial charge in [-0.2, -0.15) is 0 Å². The molecule has 1 heterocycles. The number of nitrogens with one attached hydrogen (secondary N) is 1. The summed E-state index contributed by atoms with van der Waals surface area (Å²) in [5.41, 5.74) is 1.74. The first-order valence-corrected chi connectivity index (χ1v) is 8.04. The molecule has 0 aromatic heterocycles. The van der Waals surface area contributed by atoms with Crippen LogP contribution in [0.15, 0.2) is 24.3 Å². The second kappa shape index (κ2) is 7.12. The molecule has 1 aliphatic rings. The Hall–Kier alpha value is -1.02. The zero-order valence-corrected chi connectivity index (χ0v) is 13.2. The number of hydrogen-bond acceptors (Lipinski definition) is 2. The number of aryl methyl sites for hydroxylation is 1. The number of ether oxygens (including phenoxy) is 1. The third-order valence-corrected chi connectivity index (χ3v) is 4.90. The zero-order valence-electron chi connectivity index (χ0n) is 13.2. The van der Waals surface area contributed by atoms with E-state index < -0.39 is 0 Å². The summed E-state index contributed by atoms with van der Waals surface area (Å²) >= 11 is 0. The molecule has 112 valence electrons. The molecule has 2 nitrogen and oxygen atoms in total. The average Bonchev–Trinajstić information content (AvgIpc) is 2.72. The number of rotatable bonds is 5. The topological polar surface area (TPSA) is 21.3 Å². The maximum absolute atomic E-state index is 5.23. The van der Waals surface area contributed by atoms with Gasteiger partial charge in [0.25, 0.3) is 0 Å². The minimum absolute atomic E-state index is 0.330. The number of benzene rings is 1. The van der Waals surface area contributed by atoms with Gasteiger partial charge in [0.05, 0.1) is 7.11 Å². The number of methoxy groups -OCH3 is 1. The SMILES string of the molecule is COc1ccc(CCC2(C(C)C)CCCCCN2)cc1. The van der Waals surface area contributed by atoms with Crippen LogP contribution in [0.4, 0.5) is 0 Å². The predicted molar refractivity (Wildman–Crippen MR) is 85.4 cm³/mol. The van der Waals surface area contributed by atoms with E-state index in [1.165, 1.54) is 44.2 Å². The molecule has 1 aromatic carbocycles. The van der Waals surface area contributed by atoms with Crippen LogP contribution in [0, 0.1) is 5.92 Å². The molecule has 1 unspecified atom stereocenters. The molecule has 0 radical (unpaired) electrons. The van der Waals surface area contributed by atoms with Crippen LogP contribution in [0.1, 0.15) is 51.5 Å². The molecule has 0 saturated carbocycles. The Labute approximate surface area is 123 Å². The Morgan fingerprint density at radius 2 is 1.90 bits per heavy atom. The van der Waals surface area contributed by atoms with Crippen molar-refractivity contribution >= 4 is 0 Å². The van der Waals surface area contributed by atoms with Gasteiger partial charge in [0.1, 0.15) is 5.75 Å². The predicted octanol–water partition coefficient (Wildman–Crippen LogP) is 4.19. The highest BCUT2D eigenvalue weighted by atomic mass is 16.5. The van der Waals surface area contributed by atoms with E-state index in [1.54, 1.807) is 7.11 Å². The molecule has 1 aliphatic heterocycles. The largest absolute Gasteiger partial charge is 0.497 e. The van der Waals surface area contributed by atoms with Crippen LogP contribution >= 0.6 is 0 Å². The van der Waals surface area contributed by atoms with Gasteiger partial charge in [-0.3, -0.25) is 0 Å². The Bertz CT molecular complexity index is 388. The van der Waals surface area contributed by atoms with Crippen LogP contribution in [0.25, 0.3) is 0 Å². The molecule has 1 aromatic rings. The molecular formula is C18H29NO. The van der Waals surface area contributed by atoms with Gasteiger partial charge in [0.2, 0.25) is 0 Å². The standard InChI is InChI=1S/C18H29NO/c1-15(2)18(12-5-4-6-14-19-18)13-11-16-7-9-17(20-3)10-8-16/h7-10,15,19H,4-6,11-14H2,1-3H3. The summed E-state index contributed by atoms with van der Waals surface area (Å²) in [5.74, 6) is 1.64. The van der Waals surface area contributed by atoms with Gasteiger partial charge in [-0.15, -0.1) is 0 Å². The smallest absolute Gasteiger partial charge is 0.118 e. The molecule has 1 fully saturated rings. The van der Waals surface area contributed by atoms with Crippen LogP contribution in [-0.2, 0) is 6.42 Å². The molecule has 0 aliphatic carbocycles. The van der Waals surface area contributed by atoms with E-state index in [0.717, 1.165) is 12.2 Å². The van der Waals surface area contributed by atoms with Crippen molar-refractivity contribution in [1.29, 1.82) is 0 Å². The van der Waals surface area contributed by atoms with E-state index in [2.05, 4.69) is 43.4 Å². The monoisotopic (exact) mass is 275 g/mol. The maximum atomic E-state index is 5.23. The van der Waals surface area contributed by atoms with Crippen molar-refractivity contribution in [1.82, 2.24) is 5.32 Å².